The van der Waals surface area contributed by atoms with E-state index in [2.05, 4.69) is 56.9 Å². The van der Waals surface area contributed by atoms with Crippen molar-refractivity contribution in [1.82, 2.24) is 14.8 Å². The molecule has 0 bridgehead atoms. The van der Waals surface area contributed by atoms with Crippen LogP contribution in [0.3, 0.4) is 0 Å². The molecule has 132 valence electrons. The van der Waals surface area contributed by atoms with Crippen LogP contribution in [0.5, 0.6) is 0 Å². The summed E-state index contributed by atoms with van der Waals surface area (Å²) in [5.74, 6) is 1.16. The molecular weight excluding hydrogens is 301 g/mol. The molecule has 0 aliphatic heterocycles. The predicted octanol–water partition coefficient (Wildman–Crippen LogP) is 3.92. The van der Waals surface area contributed by atoms with Crippen LogP contribution in [0.4, 0.5) is 0 Å². The SMILES string of the molecule is CCCn1cnc(C2=CCC(C)C(B(OCC)OC(C)(C)C)=C2)n1. The number of allylic oxidation sites excluding steroid dienone is 4. The second kappa shape index (κ2) is 8.12. The minimum atomic E-state index is -0.327. The molecule has 0 fully saturated rings. The quantitative estimate of drug-likeness (QED) is 0.711. The second-order valence-corrected chi connectivity index (χ2v) is 7.29. The highest BCUT2D eigenvalue weighted by Crippen LogP contribution is 2.31. The van der Waals surface area contributed by atoms with Gasteiger partial charge in [-0.3, -0.25) is 4.68 Å². The molecule has 0 saturated heterocycles. The fraction of sp³-hybridized carbons (Fsp3) is 0.667. The molecule has 1 aromatic rings. The third-order valence-corrected chi connectivity index (χ3v) is 3.88. The molecule has 24 heavy (non-hydrogen) atoms. The molecule has 0 aromatic carbocycles. The van der Waals surface area contributed by atoms with Crippen molar-refractivity contribution in [2.45, 2.75) is 66.5 Å². The molecule has 6 heteroatoms. The van der Waals surface area contributed by atoms with Crippen molar-refractivity contribution >= 4 is 12.7 Å². The highest BCUT2D eigenvalue weighted by Gasteiger charge is 2.33. The van der Waals surface area contributed by atoms with Crippen LogP contribution >= 0.6 is 0 Å². The van der Waals surface area contributed by atoms with Crippen LogP contribution in [0.15, 0.2) is 24.0 Å². The Morgan fingerprint density at radius 2 is 2.08 bits per heavy atom. The minimum Gasteiger partial charge on any atom is -0.408 e. The Kier molecular flexibility index (Phi) is 6.41. The molecule has 1 aliphatic carbocycles. The standard InChI is InChI=1S/C18H30BN3O2/c1-7-11-22-13-20-17(21-22)15-10-9-14(3)16(12-15)19(23-8-2)24-18(4,5)6/h10,12-14H,7-9,11H2,1-6H3. The van der Waals surface area contributed by atoms with E-state index >= 15 is 0 Å². The van der Waals surface area contributed by atoms with Crippen molar-refractivity contribution in [3.8, 4) is 0 Å². The predicted molar refractivity (Wildman–Crippen MR) is 98.4 cm³/mol. The highest BCUT2D eigenvalue weighted by atomic mass is 16.6. The van der Waals surface area contributed by atoms with Crippen molar-refractivity contribution in [3.63, 3.8) is 0 Å². The van der Waals surface area contributed by atoms with Crippen LogP contribution in [0.25, 0.3) is 5.57 Å². The first-order valence-corrected chi connectivity index (χ1v) is 8.95. The van der Waals surface area contributed by atoms with E-state index in [9.17, 15) is 0 Å². The second-order valence-electron chi connectivity index (χ2n) is 7.29. The van der Waals surface area contributed by atoms with Crippen molar-refractivity contribution in [3.05, 3.63) is 29.8 Å². The summed E-state index contributed by atoms with van der Waals surface area (Å²) in [6.07, 6.45) is 8.15. The van der Waals surface area contributed by atoms with Gasteiger partial charge in [0.05, 0.1) is 0 Å². The molecule has 5 nitrogen and oxygen atoms in total. The number of hydrogen-bond donors (Lipinski definition) is 0. The molecule has 0 amide bonds. The summed E-state index contributed by atoms with van der Waals surface area (Å²) in [5, 5.41) is 4.57. The van der Waals surface area contributed by atoms with Gasteiger partial charge in [0.15, 0.2) is 5.82 Å². The van der Waals surface area contributed by atoms with Gasteiger partial charge in [0.1, 0.15) is 6.33 Å². The summed E-state index contributed by atoms with van der Waals surface area (Å²) in [5.41, 5.74) is 1.96. The average molecular weight is 331 g/mol. The number of nitrogens with zero attached hydrogens (tertiary/aromatic N) is 3. The van der Waals surface area contributed by atoms with Gasteiger partial charge in [-0.1, -0.05) is 26.0 Å². The molecular formula is C18H30BN3O2. The zero-order valence-corrected chi connectivity index (χ0v) is 15.9. The molecule has 1 aliphatic rings. The number of hydrogen-bond acceptors (Lipinski definition) is 4. The van der Waals surface area contributed by atoms with Crippen LogP contribution in [0.1, 0.15) is 60.2 Å². The summed E-state index contributed by atoms with van der Waals surface area (Å²) in [4.78, 5) is 4.46. The maximum Gasteiger partial charge on any atom is 0.490 e. The average Bonchev–Trinajstić information content (AvgIpc) is 2.95. The summed E-state index contributed by atoms with van der Waals surface area (Å²) < 4.78 is 13.9. The number of rotatable bonds is 7. The largest absolute Gasteiger partial charge is 0.490 e. The molecule has 0 saturated carbocycles. The molecule has 1 aromatic heterocycles. The fourth-order valence-electron chi connectivity index (χ4n) is 2.71. The Bertz CT molecular complexity index is 602. The van der Waals surface area contributed by atoms with Gasteiger partial charge in [0, 0.05) is 24.3 Å². The van der Waals surface area contributed by atoms with Crippen LogP contribution < -0.4 is 0 Å². The summed E-state index contributed by atoms with van der Waals surface area (Å²) in [6, 6.07) is 0. The van der Waals surface area contributed by atoms with E-state index < -0.39 is 0 Å². The van der Waals surface area contributed by atoms with Gasteiger partial charge in [-0.15, -0.1) is 0 Å². The Labute approximate surface area is 146 Å². The topological polar surface area (TPSA) is 49.2 Å². The maximum atomic E-state index is 6.15. The van der Waals surface area contributed by atoms with Crippen LogP contribution in [0, 0.1) is 5.92 Å². The van der Waals surface area contributed by atoms with E-state index in [1.165, 1.54) is 0 Å². The fourth-order valence-corrected chi connectivity index (χ4v) is 2.71. The maximum absolute atomic E-state index is 6.15. The van der Waals surface area contributed by atoms with E-state index in [1.807, 2.05) is 11.6 Å². The molecule has 1 heterocycles. The smallest absolute Gasteiger partial charge is 0.408 e. The summed E-state index contributed by atoms with van der Waals surface area (Å²) >= 11 is 0. The van der Waals surface area contributed by atoms with Gasteiger partial charge in [0.2, 0.25) is 0 Å². The van der Waals surface area contributed by atoms with Crippen molar-refractivity contribution in [2.24, 2.45) is 5.92 Å². The zero-order valence-electron chi connectivity index (χ0n) is 15.9. The lowest BCUT2D eigenvalue weighted by Gasteiger charge is -2.30. The lowest BCUT2D eigenvalue weighted by atomic mass is 9.67. The lowest BCUT2D eigenvalue weighted by molar-refractivity contribution is 0.0872. The monoisotopic (exact) mass is 331 g/mol. The van der Waals surface area contributed by atoms with E-state index in [4.69, 9.17) is 9.31 Å². The number of aryl methyl sites for hydroxylation is 1. The van der Waals surface area contributed by atoms with E-state index in [0.717, 1.165) is 36.3 Å². The minimum absolute atomic E-state index is 0.261. The van der Waals surface area contributed by atoms with Gasteiger partial charge in [0.25, 0.3) is 0 Å². The molecule has 1 atom stereocenters. The van der Waals surface area contributed by atoms with Crippen molar-refractivity contribution in [2.75, 3.05) is 6.61 Å². The third-order valence-electron chi connectivity index (χ3n) is 3.88. The lowest BCUT2D eigenvalue weighted by Crippen LogP contribution is -2.37. The molecule has 1 unspecified atom stereocenters. The van der Waals surface area contributed by atoms with Gasteiger partial charge < -0.3 is 9.31 Å². The van der Waals surface area contributed by atoms with Crippen molar-refractivity contribution in [1.29, 1.82) is 0 Å². The Balaban J connectivity index is 2.25. The molecule has 0 radical (unpaired) electrons. The molecule has 0 N–H and O–H groups in total. The first-order chi connectivity index (χ1) is 11.3. The Hall–Kier alpha value is -1.40. The van der Waals surface area contributed by atoms with E-state index in [1.54, 1.807) is 6.33 Å². The number of aromatic nitrogens is 3. The first kappa shape index (κ1) is 18.9. The van der Waals surface area contributed by atoms with Crippen molar-refractivity contribution < 1.29 is 9.31 Å². The Morgan fingerprint density at radius 1 is 1.33 bits per heavy atom. The molecule has 2 rings (SSSR count). The third kappa shape index (κ3) is 5.05. The summed E-state index contributed by atoms with van der Waals surface area (Å²) in [6.45, 7) is 14.0. The zero-order chi connectivity index (χ0) is 17.7. The van der Waals surface area contributed by atoms with Gasteiger partial charge in [-0.25, -0.2) is 4.98 Å². The van der Waals surface area contributed by atoms with Gasteiger partial charge >= 0.3 is 7.12 Å². The van der Waals surface area contributed by atoms with Crippen LogP contribution in [0.2, 0.25) is 0 Å². The van der Waals surface area contributed by atoms with Crippen LogP contribution in [-0.4, -0.2) is 34.1 Å². The first-order valence-electron chi connectivity index (χ1n) is 8.95. The summed E-state index contributed by atoms with van der Waals surface area (Å²) in [7, 11) is -0.327. The van der Waals surface area contributed by atoms with E-state index in [-0.39, 0.29) is 12.7 Å². The van der Waals surface area contributed by atoms with E-state index in [0.29, 0.717) is 12.5 Å². The van der Waals surface area contributed by atoms with Gasteiger partial charge in [-0.2, -0.15) is 5.10 Å². The Morgan fingerprint density at radius 3 is 2.71 bits per heavy atom. The molecule has 0 spiro atoms. The van der Waals surface area contributed by atoms with Crippen LogP contribution in [-0.2, 0) is 15.9 Å². The highest BCUT2D eigenvalue weighted by molar-refractivity contribution is 6.54. The normalized spacial score (nSPS) is 18.3. The van der Waals surface area contributed by atoms with Gasteiger partial charge in [-0.05, 0) is 51.9 Å².